The third-order valence-electron chi connectivity index (χ3n) is 6.85. The predicted octanol–water partition coefficient (Wildman–Crippen LogP) is 6.00. The minimum atomic E-state index is -0.635. The molecule has 5 rings (SSSR count). The van der Waals surface area contributed by atoms with Crippen LogP contribution in [0.25, 0.3) is 0 Å². The van der Waals surface area contributed by atoms with E-state index >= 15 is 0 Å². The fraction of sp³-hybridized carbons (Fsp3) is 0.194. The van der Waals surface area contributed by atoms with E-state index in [9.17, 15) is 9.59 Å². The van der Waals surface area contributed by atoms with Crippen molar-refractivity contribution in [1.82, 2.24) is 9.78 Å². The van der Waals surface area contributed by atoms with Gasteiger partial charge in [0, 0.05) is 22.6 Å². The summed E-state index contributed by atoms with van der Waals surface area (Å²) in [6, 6.07) is 20.4. The number of aryl methyl sites for hydroxylation is 3. The van der Waals surface area contributed by atoms with Gasteiger partial charge in [-0.25, -0.2) is 4.68 Å². The molecule has 1 aliphatic heterocycles. The molecule has 1 aliphatic rings. The largest absolute Gasteiger partial charge is 0.496 e. The molecule has 2 amide bonds. The van der Waals surface area contributed by atoms with E-state index in [4.69, 9.17) is 4.74 Å². The molecule has 0 saturated carbocycles. The smallest absolute Gasteiger partial charge is 0.261 e. The Morgan fingerprint density at radius 3 is 2.41 bits per heavy atom. The lowest BCUT2D eigenvalue weighted by Gasteiger charge is -2.31. The Hall–Kier alpha value is -4.85. The van der Waals surface area contributed by atoms with E-state index in [1.807, 2.05) is 94.4 Å². The first-order valence-electron chi connectivity index (χ1n) is 12.7. The number of ether oxygens (including phenoxy) is 1. The molecule has 2 heterocycles. The highest BCUT2D eigenvalue weighted by Gasteiger charge is 2.36. The molecule has 39 heavy (non-hydrogen) atoms. The second-order valence-corrected chi connectivity index (χ2v) is 9.76. The Bertz CT molecular complexity index is 1620. The Kier molecular flexibility index (Phi) is 6.94. The monoisotopic (exact) mass is 521 g/mol. The van der Waals surface area contributed by atoms with Crippen molar-refractivity contribution in [2.24, 2.45) is 0 Å². The van der Waals surface area contributed by atoms with E-state index in [2.05, 4.69) is 21.0 Å². The third-order valence-corrected chi connectivity index (χ3v) is 6.85. The number of aromatic nitrogens is 2. The van der Waals surface area contributed by atoms with Gasteiger partial charge in [0.2, 0.25) is 0 Å². The Labute approximate surface area is 227 Å². The van der Waals surface area contributed by atoms with Crippen molar-refractivity contribution >= 4 is 29.0 Å². The fourth-order valence-corrected chi connectivity index (χ4v) is 4.96. The first kappa shape index (κ1) is 25.8. The van der Waals surface area contributed by atoms with Crippen molar-refractivity contribution in [1.29, 1.82) is 0 Å². The number of carbonyl (C=O) groups is 2. The average molecular weight is 522 g/mol. The van der Waals surface area contributed by atoms with Gasteiger partial charge in [0.05, 0.1) is 18.9 Å². The topological polar surface area (TPSA) is 97.3 Å². The molecular weight excluding hydrogens is 490 g/mol. The number of carbonyl (C=O) groups excluding carboxylic acids is 2. The number of amides is 2. The van der Waals surface area contributed by atoms with Crippen LogP contribution in [-0.4, -0.2) is 28.7 Å². The van der Waals surface area contributed by atoms with Crippen LogP contribution < -0.4 is 20.7 Å². The number of anilines is 3. The SMILES string of the molecule is COc1ccccc1[C@H]1C(C(=O)Nc2ccc(C)cc2C)=C(C)Nc2c(C(=O)Nc3cccc(C)c3)cnn21. The van der Waals surface area contributed by atoms with Gasteiger partial charge >= 0.3 is 0 Å². The number of fused-ring (bicyclic) bond motifs is 1. The van der Waals surface area contributed by atoms with Crippen LogP contribution in [-0.2, 0) is 4.79 Å². The minimum Gasteiger partial charge on any atom is -0.496 e. The van der Waals surface area contributed by atoms with Crippen molar-refractivity contribution in [2.75, 3.05) is 23.1 Å². The molecule has 0 aliphatic carbocycles. The van der Waals surface area contributed by atoms with Gasteiger partial charge in [0.1, 0.15) is 23.2 Å². The average Bonchev–Trinajstić information content (AvgIpc) is 3.33. The molecule has 0 unspecified atom stereocenters. The van der Waals surface area contributed by atoms with Crippen molar-refractivity contribution in [3.05, 3.63) is 112 Å². The van der Waals surface area contributed by atoms with Gasteiger partial charge in [-0.1, -0.05) is 48.0 Å². The fourth-order valence-electron chi connectivity index (χ4n) is 4.96. The molecule has 0 saturated heterocycles. The molecule has 8 heteroatoms. The lowest BCUT2D eigenvalue weighted by atomic mass is 9.93. The van der Waals surface area contributed by atoms with Crippen LogP contribution in [0, 0.1) is 20.8 Å². The highest BCUT2D eigenvalue weighted by molar-refractivity contribution is 6.09. The summed E-state index contributed by atoms with van der Waals surface area (Å²) < 4.78 is 7.35. The van der Waals surface area contributed by atoms with E-state index in [1.165, 1.54) is 6.20 Å². The number of hydrogen-bond acceptors (Lipinski definition) is 5. The minimum absolute atomic E-state index is 0.269. The van der Waals surface area contributed by atoms with Crippen LogP contribution in [0.3, 0.4) is 0 Å². The van der Waals surface area contributed by atoms with E-state index in [0.29, 0.717) is 34.1 Å². The summed E-state index contributed by atoms with van der Waals surface area (Å²) in [7, 11) is 1.59. The van der Waals surface area contributed by atoms with Crippen LogP contribution >= 0.6 is 0 Å². The summed E-state index contributed by atoms with van der Waals surface area (Å²) in [4.78, 5) is 27.2. The lowest BCUT2D eigenvalue weighted by Crippen LogP contribution is -2.32. The second kappa shape index (κ2) is 10.5. The van der Waals surface area contributed by atoms with Crippen LogP contribution in [0.15, 0.2) is 84.2 Å². The number of hydrogen-bond donors (Lipinski definition) is 3. The van der Waals surface area contributed by atoms with E-state index in [-0.39, 0.29) is 11.8 Å². The van der Waals surface area contributed by atoms with Crippen LogP contribution in [0.5, 0.6) is 5.75 Å². The van der Waals surface area contributed by atoms with E-state index in [1.54, 1.807) is 11.8 Å². The van der Waals surface area contributed by atoms with Crippen molar-refractivity contribution in [3.8, 4) is 5.75 Å². The first-order chi connectivity index (χ1) is 18.8. The number of rotatable bonds is 6. The van der Waals surface area contributed by atoms with Gasteiger partial charge in [-0.05, 0) is 63.1 Å². The number of allylic oxidation sites excluding steroid dienone is 1. The maximum Gasteiger partial charge on any atom is 0.261 e. The molecule has 0 spiro atoms. The summed E-state index contributed by atoms with van der Waals surface area (Å²) >= 11 is 0. The summed E-state index contributed by atoms with van der Waals surface area (Å²) in [5.41, 5.74) is 6.75. The lowest BCUT2D eigenvalue weighted by molar-refractivity contribution is -0.113. The summed E-state index contributed by atoms with van der Waals surface area (Å²) in [5.74, 6) is 0.539. The quantitative estimate of drug-likeness (QED) is 0.289. The van der Waals surface area contributed by atoms with Crippen molar-refractivity contribution in [2.45, 2.75) is 33.7 Å². The van der Waals surface area contributed by atoms with E-state index < -0.39 is 6.04 Å². The molecule has 3 aromatic carbocycles. The number of methoxy groups -OCH3 is 1. The van der Waals surface area contributed by atoms with Gasteiger partial charge in [0.25, 0.3) is 11.8 Å². The molecule has 198 valence electrons. The van der Waals surface area contributed by atoms with Gasteiger partial charge in [-0.3, -0.25) is 9.59 Å². The standard InChI is InChI=1S/C31H31N5O3/c1-18-9-8-10-22(16-18)34-30(37)24-17-32-36-28(23-11-6-7-12-26(23)39-5)27(21(4)33-29(24)36)31(38)35-25-14-13-19(2)15-20(25)3/h6-17,28,33H,1-5H3,(H,34,37)(H,35,38)/t28-/m0/s1. The molecule has 0 bridgehead atoms. The van der Waals surface area contributed by atoms with Gasteiger partial charge in [-0.15, -0.1) is 0 Å². The van der Waals surface area contributed by atoms with Crippen LogP contribution in [0.2, 0.25) is 0 Å². The number of benzene rings is 3. The zero-order valence-electron chi connectivity index (χ0n) is 22.6. The van der Waals surface area contributed by atoms with Crippen molar-refractivity contribution in [3.63, 3.8) is 0 Å². The normalized spacial score (nSPS) is 14.3. The highest BCUT2D eigenvalue weighted by atomic mass is 16.5. The van der Waals surface area contributed by atoms with Crippen LogP contribution in [0.1, 0.15) is 45.6 Å². The molecule has 1 atom stereocenters. The predicted molar refractivity (Wildman–Crippen MR) is 153 cm³/mol. The Morgan fingerprint density at radius 2 is 1.67 bits per heavy atom. The third kappa shape index (κ3) is 5.01. The maximum atomic E-state index is 13.9. The molecule has 8 nitrogen and oxygen atoms in total. The molecule has 0 radical (unpaired) electrons. The Balaban J connectivity index is 1.57. The van der Waals surface area contributed by atoms with E-state index in [0.717, 1.165) is 27.9 Å². The summed E-state index contributed by atoms with van der Waals surface area (Å²) in [6.07, 6.45) is 1.52. The zero-order valence-corrected chi connectivity index (χ0v) is 22.6. The molecule has 1 aromatic heterocycles. The number of nitrogens with one attached hydrogen (secondary N) is 3. The summed E-state index contributed by atoms with van der Waals surface area (Å²) in [5, 5.41) is 13.9. The van der Waals surface area contributed by atoms with Gasteiger partial charge in [-0.2, -0.15) is 5.10 Å². The Morgan fingerprint density at radius 1 is 0.897 bits per heavy atom. The van der Waals surface area contributed by atoms with Crippen molar-refractivity contribution < 1.29 is 14.3 Å². The molecule has 0 fully saturated rings. The molecule has 3 N–H and O–H groups in total. The van der Waals surface area contributed by atoms with Gasteiger partial charge < -0.3 is 20.7 Å². The van der Waals surface area contributed by atoms with Crippen LogP contribution in [0.4, 0.5) is 17.2 Å². The molecule has 4 aromatic rings. The number of nitrogens with zero attached hydrogens (tertiary/aromatic N) is 2. The first-order valence-corrected chi connectivity index (χ1v) is 12.7. The maximum absolute atomic E-state index is 13.9. The number of para-hydroxylation sites is 1. The molecular formula is C31H31N5O3. The van der Waals surface area contributed by atoms with Gasteiger partial charge in [0.15, 0.2) is 0 Å². The zero-order chi connectivity index (χ0) is 27.7. The highest BCUT2D eigenvalue weighted by Crippen LogP contribution is 2.41. The second-order valence-electron chi connectivity index (χ2n) is 9.76. The summed E-state index contributed by atoms with van der Waals surface area (Å²) in [6.45, 7) is 7.78.